The van der Waals surface area contributed by atoms with E-state index in [1.165, 1.54) is 0 Å². The molecular formula is C8H19OPS2. The molecule has 0 spiro atoms. The Bertz CT molecular complexity index is 97.2. The molecule has 0 aromatic rings. The Balaban J connectivity index is 3.27. The van der Waals surface area contributed by atoms with E-state index in [9.17, 15) is 4.89 Å². The Hall–Kier alpha value is 1.09. The smallest absolute Gasteiger partial charge is 0.149 e. The lowest BCUT2D eigenvalue weighted by atomic mass is 10.3. The molecule has 1 nitrogen and oxygen atoms in total. The van der Waals surface area contributed by atoms with Crippen molar-refractivity contribution in [2.24, 2.45) is 11.8 Å². The van der Waals surface area contributed by atoms with Crippen LogP contribution in [0.3, 0.4) is 0 Å². The molecule has 12 heavy (non-hydrogen) atoms. The standard InChI is InChI=1S/C8H19OPS2/c1-7(2)5-11-10(9)12-6-8(3)4/h7-9H,5-6H2,1-4H3. The first-order chi connectivity index (χ1) is 5.52. The maximum absolute atomic E-state index is 9.54. The summed E-state index contributed by atoms with van der Waals surface area (Å²) in [6, 6.07) is 0. The van der Waals surface area contributed by atoms with Gasteiger partial charge < -0.3 is 4.89 Å². The van der Waals surface area contributed by atoms with E-state index in [1.807, 2.05) is 0 Å². The van der Waals surface area contributed by atoms with Gasteiger partial charge in [0, 0.05) is 11.5 Å². The Morgan fingerprint density at radius 1 is 1.00 bits per heavy atom. The monoisotopic (exact) mass is 226 g/mol. The molecular weight excluding hydrogens is 207 g/mol. The number of rotatable bonds is 6. The van der Waals surface area contributed by atoms with Gasteiger partial charge in [-0.3, -0.25) is 0 Å². The third-order valence-electron chi connectivity index (χ3n) is 1.04. The van der Waals surface area contributed by atoms with Gasteiger partial charge in [-0.2, -0.15) is 0 Å². The minimum atomic E-state index is -0.812. The average Bonchev–Trinajstić information content (AvgIpc) is 1.96. The van der Waals surface area contributed by atoms with Crippen LogP contribution >= 0.6 is 29.3 Å². The van der Waals surface area contributed by atoms with Crippen LogP contribution in [-0.2, 0) is 0 Å². The largest absolute Gasteiger partial charge is 0.355 e. The van der Waals surface area contributed by atoms with E-state index in [1.54, 1.807) is 22.8 Å². The summed E-state index contributed by atoms with van der Waals surface area (Å²) in [6.45, 7) is 7.92. The van der Waals surface area contributed by atoms with Gasteiger partial charge in [-0.15, -0.1) is 0 Å². The van der Waals surface area contributed by atoms with Crippen LogP contribution in [0.2, 0.25) is 0 Å². The van der Waals surface area contributed by atoms with Crippen LogP contribution in [0.5, 0.6) is 0 Å². The molecule has 0 aliphatic carbocycles. The van der Waals surface area contributed by atoms with Gasteiger partial charge >= 0.3 is 0 Å². The van der Waals surface area contributed by atoms with E-state index in [0.29, 0.717) is 11.8 Å². The van der Waals surface area contributed by atoms with Gasteiger partial charge in [0.2, 0.25) is 0 Å². The van der Waals surface area contributed by atoms with Crippen molar-refractivity contribution in [2.45, 2.75) is 27.7 Å². The first-order valence-electron chi connectivity index (χ1n) is 4.27. The quantitative estimate of drug-likeness (QED) is 0.692. The van der Waals surface area contributed by atoms with Crippen molar-refractivity contribution >= 4 is 29.3 Å². The van der Waals surface area contributed by atoms with Gasteiger partial charge in [0.25, 0.3) is 0 Å². The molecule has 0 fully saturated rings. The number of hydrogen-bond acceptors (Lipinski definition) is 3. The zero-order valence-electron chi connectivity index (χ0n) is 8.28. The molecule has 1 N–H and O–H groups in total. The maximum atomic E-state index is 9.54. The highest BCUT2D eigenvalue weighted by Gasteiger charge is 2.07. The molecule has 0 atom stereocenters. The van der Waals surface area contributed by atoms with E-state index >= 15 is 0 Å². The van der Waals surface area contributed by atoms with E-state index < -0.39 is 6.55 Å². The normalized spacial score (nSPS) is 12.0. The second-order valence-corrected chi connectivity index (χ2v) is 9.59. The molecule has 0 rings (SSSR count). The molecule has 0 amide bonds. The lowest BCUT2D eigenvalue weighted by molar-refractivity contribution is 0.654. The Morgan fingerprint density at radius 3 is 1.58 bits per heavy atom. The summed E-state index contributed by atoms with van der Waals surface area (Å²) < 4.78 is 0. The highest BCUT2D eigenvalue weighted by atomic mass is 33.1. The fourth-order valence-corrected chi connectivity index (χ4v) is 5.93. The Morgan fingerprint density at radius 2 is 1.33 bits per heavy atom. The zero-order valence-corrected chi connectivity index (χ0v) is 10.8. The molecule has 0 radical (unpaired) electrons. The molecule has 4 heteroatoms. The first-order valence-corrected chi connectivity index (χ1v) is 8.74. The van der Waals surface area contributed by atoms with Crippen LogP contribution < -0.4 is 0 Å². The average molecular weight is 226 g/mol. The Kier molecular flexibility index (Phi) is 8.17. The molecule has 0 heterocycles. The fraction of sp³-hybridized carbons (Fsp3) is 1.00. The van der Waals surface area contributed by atoms with Gasteiger partial charge in [-0.25, -0.2) is 0 Å². The summed E-state index contributed by atoms with van der Waals surface area (Å²) in [5.41, 5.74) is 0. The van der Waals surface area contributed by atoms with Crippen LogP contribution in [0.15, 0.2) is 0 Å². The Labute approximate surface area is 85.4 Å². The van der Waals surface area contributed by atoms with Gasteiger partial charge in [0.15, 0.2) is 0 Å². The van der Waals surface area contributed by atoms with Crippen LogP contribution in [-0.4, -0.2) is 16.4 Å². The molecule has 74 valence electrons. The minimum Gasteiger partial charge on any atom is -0.355 e. The molecule has 0 aromatic carbocycles. The second kappa shape index (κ2) is 7.49. The molecule has 0 aliphatic rings. The van der Waals surface area contributed by atoms with Gasteiger partial charge in [-0.05, 0) is 11.8 Å². The molecule has 0 saturated heterocycles. The van der Waals surface area contributed by atoms with Crippen LogP contribution in [0.1, 0.15) is 27.7 Å². The lowest BCUT2D eigenvalue weighted by Crippen LogP contribution is -1.90. The molecule has 0 bridgehead atoms. The highest BCUT2D eigenvalue weighted by Crippen LogP contribution is 2.58. The van der Waals surface area contributed by atoms with E-state index in [2.05, 4.69) is 27.7 Å². The topological polar surface area (TPSA) is 20.2 Å². The lowest BCUT2D eigenvalue weighted by Gasteiger charge is -2.11. The predicted octanol–water partition coefficient (Wildman–Crippen LogP) is 3.98. The van der Waals surface area contributed by atoms with Crippen molar-refractivity contribution in [3.05, 3.63) is 0 Å². The summed E-state index contributed by atoms with van der Waals surface area (Å²) in [4.78, 5) is 9.54. The van der Waals surface area contributed by atoms with E-state index in [4.69, 9.17) is 0 Å². The van der Waals surface area contributed by atoms with Gasteiger partial charge in [0.05, 0.1) is 0 Å². The van der Waals surface area contributed by atoms with Crippen molar-refractivity contribution in [1.29, 1.82) is 0 Å². The van der Waals surface area contributed by atoms with Crippen molar-refractivity contribution < 1.29 is 4.89 Å². The van der Waals surface area contributed by atoms with Gasteiger partial charge in [-0.1, -0.05) is 50.5 Å². The third kappa shape index (κ3) is 9.18. The van der Waals surface area contributed by atoms with Crippen molar-refractivity contribution in [2.75, 3.05) is 11.5 Å². The highest BCUT2D eigenvalue weighted by molar-refractivity contribution is 8.86. The maximum Gasteiger partial charge on any atom is 0.149 e. The van der Waals surface area contributed by atoms with E-state index in [0.717, 1.165) is 11.5 Å². The minimum absolute atomic E-state index is 0.687. The van der Waals surface area contributed by atoms with E-state index in [-0.39, 0.29) is 0 Å². The predicted molar refractivity (Wildman–Crippen MR) is 63.7 cm³/mol. The van der Waals surface area contributed by atoms with Crippen molar-refractivity contribution in [1.82, 2.24) is 0 Å². The summed E-state index contributed by atoms with van der Waals surface area (Å²) >= 11 is 3.42. The van der Waals surface area contributed by atoms with Crippen LogP contribution in [0.25, 0.3) is 0 Å². The molecule has 0 aliphatic heterocycles. The SMILES string of the molecule is CC(C)CSP(O)SCC(C)C. The zero-order chi connectivity index (χ0) is 9.56. The first kappa shape index (κ1) is 13.1. The van der Waals surface area contributed by atoms with Crippen LogP contribution in [0, 0.1) is 11.8 Å². The second-order valence-electron chi connectivity index (χ2n) is 3.62. The summed E-state index contributed by atoms with van der Waals surface area (Å²) in [5.74, 6) is 3.53. The van der Waals surface area contributed by atoms with Crippen molar-refractivity contribution in [3.8, 4) is 0 Å². The number of hydrogen-bond donors (Lipinski definition) is 1. The molecule has 0 aromatic heterocycles. The fourth-order valence-electron chi connectivity index (χ4n) is 0.463. The summed E-state index contributed by atoms with van der Waals surface area (Å²) in [7, 11) is 0. The van der Waals surface area contributed by atoms with Crippen LogP contribution in [0.4, 0.5) is 0 Å². The third-order valence-corrected chi connectivity index (χ3v) is 7.23. The molecule has 0 saturated carbocycles. The van der Waals surface area contributed by atoms with Gasteiger partial charge in [0.1, 0.15) is 6.55 Å². The van der Waals surface area contributed by atoms with Crippen molar-refractivity contribution in [3.63, 3.8) is 0 Å². The summed E-state index contributed by atoms with van der Waals surface area (Å²) in [6.07, 6.45) is 0. The molecule has 0 unspecified atom stereocenters. The summed E-state index contributed by atoms with van der Waals surface area (Å²) in [5, 5.41) is 0.